The predicted octanol–water partition coefficient (Wildman–Crippen LogP) is 4.73. The van der Waals surface area contributed by atoms with E-state index in [1.807, 2.05) is 0 Å². The molecular weight excluding hydrogens is 465 g/mol. The normalized spacial score (nSPS) is 16.9. The monoisotopic (exact) mass is 487 g/mol. The number of hydrogen-bond donors (Lipinski definition) is 1. The number of ether oxygens (including phenoxy) is 1. The van der Waals surface area contributed by atoms with Gasteiger partial charge < -0.3 is 19.2 Å². The Morgan fingerprint density at radius 2 is 2.03 bits per heavy atom. The number of benzene rings is 2. The first kappa shape index (κ1) is 23.8. The molecule has 1 aliphatic heterocycles. The Balaban J connectivity index is 1.55. The fraction of sp³-hybridized carbons (Fsp3) is 0.320. The van der Waals surface area contributed by atoms with Crippen molar-refractivity contribution in [2.45, 2.75) is 32.3 Å². The van der Waals surface area contributed by atoms with E-state index in [1.165, 1.54) is 30.3 Å². The van der Waals surface area contributed by atoms with Crippen molar-refractivity contribution in [1.82, 2.24) is 4.90 Å². The Morgan fingerprint density at radius 1 is 1.24 bits per heavy atom. The van der Waals surface area contributed by atoms with Gasteiger partial charge in [0.2, 0.25) is 0 Å². The molecule has 2 aromatic carbocycles. The number of likely N-dealkylation sites (tertiary alicyclic amines) is 1. The minimum Gasteiger partial charge on any atom is -0.481 e. The molecule has 1 unspecified atom stereocenters. The highest BCUT2D eigenvalue weighted by Gasteiger charge is 2.29. The van der Waals surface area contributed by atoms with Crippen LogP contribution in [-0.2, 0) is 9.59 Å². The van der Waals surface area contributed by atoms with E-state index in [-0.39, 0.29) is 28.9 Å². The van der Waals surface area contributed by atoms with Crippen LogP contribution in [0.1, 0.15) is 26.2 Å². The Morgan fingerprint density at radius 3 is 2.76 bits per heavy atom. The Hall–Kier alpha value is -3.39. The zero-order chi connectivity index (χ0) is 24.4. The summed E-state index contributed by atoms with van der Waals surface area (Å²) in [5, 5.41) is 9.77. The lowest BCUT2D eigenvalue weighted by molar-refractivity contribution is -0.143. The second-order valence-corrected chi connectivity index (χ2v) is 8.82. The maximum absolute atomic E-state index is 13.5. The number of carboxylic acids is 1. The van der Waals surface area contributed by atoms with E-state index in [4.69, 9.17) is 25.9 Å². The molecular formula is C25H23ClFNO6. The van der Waals surface area contributed by atoms with E-state index in [9.17, 15) is 18.8 Å². The van der Waals surface area contributed by atoms with Crippen LogP contribution in [0.4, 0.5) is 4.39 Å². The fourth-order valence-corrected chi connectivity index (χ4v) is 4.61. The number of rotatable bonds is 6. The fourth-order valence-electron chi connectivity index (χ4n) is 4.34. The van der Waals surface area contributed by atoms with Crippen LogP contribution >= 0.6 is 11.6 Å². The number of carbonyl (C=O) groups is 2. The first-order chi connectivity index (χ1) is 16.2. The van der Waals surface area contributed by atoms with E-state index >= 15 is 0 Å². The molecule has 1 N–H and O–H groups in total. The molecule has 7 nitrogen and oxygen atoms in total. The minimum atomic E-state index is -0.873. The van der Waals surface area contributed by atoms with Crippen molar-refractivity contribution in [1.29, 1.82) is 0 Å². The highest BCUT2D eigenvalue weighted by Crippen LogP contribution is 2.34. The molecule has 1 aromatic heterocycles. The van der Waals surface area contributed by atoms with Gasteiger partial charge in [-0.05, 0) is 56.0 Å². The lowest BCUT2D eigenvalue weighted by Gasteiger charge is -2.33. The third kappa shape index (κ3) is 5.22. The summed E-state index contributed by atoms with van der Waals surface area (Å²) in [5.41, 5.74) is 0.602. The van der Waals surface area contributed by atoms with Gasteiger partial charge in [-0.3, -0.25) is 9.59 Å². The van der Waals surface area contributed by atoms with E-state index in [2.05, 4.69) is 0 Å². The van der Waals surface area contributed by atoms with Crippen molar-refractivity contribution in [3.8, 4) is 16.9 Å². The molecule has 4 rings (SSSR count). The van der Waals surface area contributed by atoms with Crippen molar-refractivity contribution < 1.29 is 28.2 Å². The van der Waals surface area contributed by atoms with Crippen LogP contribution in [0.15, 0.2) is 51.7 Å². The van der Waals surface area contributed by atoms with Crippen LogP contribution in [0.25, 0.3) is 22.1 Å². The maximum atomic E-state index is 13.5. The third-order valence-electron chi connectivity index (χ3n) is 5.89. The Kier molecular flexibility index (Phi) is 6.88. The summed E-state index contributed by atoms with van der Waals surface area (Å²) in [4.78, 5) is 37.7. The number of carboxylic acid groups (broad SMARTS) is 1. The SMILES string of the molecule is CC(Oc1ccc2c(-c3ccc(F)cc3Cl)cc(=O)oc2c1)C(=O)N1CCC[C@@H](CC(=O)O)C1. The summed E-state index contributed by atoms with van der Waals surface area (Å²) in [7, 11) is 0. The van der Waals surface area contributed by atoms with Crippen LogP contribution in [0.2, 0.25) is 5.02 Å². The van der Waals surface area contributed by atoms with Crippen LogP contribution in [0.3, 0.4) is 0 Å². The van der Waals surface area contributed by atoms with Crippen molar-refractivity contribution >= 4 is 34.4 Å². The third-order valence-corrected chi connectivity index (χ3v) is 6.20. The highest BCUT2D eigenvalue weighted by molar-refractivity contribution is 6.33. The van der Waals surface area contributed by atoms with Gasteiger partial charge in [0.15, 0.2) is 6.10 Å². The molecule has 0 bridgehead atoms. The summed E-state index contributed by atoms with van der Waals surface area (Å²) in [6.45, 7) is 2.56. The van der Waals surface area contributed by atoms with Crippen molar-refractivity contribution in [2.24, 2.45) is 5.92 Å². The lowest BCUT2D eigenvalue weighted by Crippen LogP contribution is -2.46. The number of fused-ring (bicyclic) bond motifs is 1. The largest absolute Gasteiger partial charge is 0.481 e. The molecule has 0 radical (unpaired) electrons. The Labute approximate surface area is 199 Å². The number of carbonyl (C=O) groups excluding carboxylic acids is 1. The molecule has 3 aromatic rings. The summed E-state index contributed by atoms with van der Waals surface area (Å²) >= 11 is 6.19. The molecule has 2 heterocycles. The average molecular weight is 488 g/mol. The molecule has 178 valence electrons. The van der Waals surface area contributed by atoms with Gasteiger partial charge in [-0.15, -0.1) is 0 Å². The van der Waals surface area contributed by atoms with Crippen LogP contribution in [0.5, 0.6) is 5.75 Å². The molecule has 1 saturated heterocycles. The Bertz CT molecular complexity index is 1310. The average Bonchev–Trinajstić information content (AvgIpc) is 2.77. The molecule has 0 spiro atoms. The van der Waals surface area contributed by atoms with Crippen LogP contribution in [-0.4, -0.2) is 41.1 Å². The van der Waals surface area contributed by atoms with E-state index in [0.29, 0.717) is 35.4 Å². The first-order valence-electron chi connectivity index (χ1n) is 10.9. The summed E-state index contributed by atoms with van der Waals surface area (Å²) in [6.07, 6.45) is 0.729. The number of nitrogens with zero attached hydrogens (tertiary/aromatic N) is 1. The quantitative estimate of drug-likeness (QED) is 0.505. The van der Waals surface area contributed by atoms with Crippen molar-refractivity contribution in [2.75, 3.05) is 13.1 Å². The van der Waals surface area contributed by atoms with Crippen molar-refractivity contribution in [3.05, 3.63) is 63.7 Å². The second-order valence-electron chi connectivity index (χ2n) is 8.41. The molecule has 1 amide bonds. The second kappa shape index (κ2) is 9.85. The summed E-state index contributed by atoms with van der Waals surface area (Å²) in [5.74, 6) is -1.34. The highest BCUT2D eigenvalue weighted by atomic mass is 35.5. The number of amides is 1. The van der Waals surface area contributed by atoms with Gasteiger partial charge in [-0.2, -0.15) is 0 Å². The molecule has 9 heteroatoms. The van der Waals surface area contributed by atoms with Gasteiger partial charge in [0.25, 0.3) is 5.91 Å². The smallest absolute Gasteiger partial charge is 0.336 e. The molecule has 34 heavy (non-hydrogen) atoms. The zero-order valence-electron chi connectivity index (χ0n) is 18.4. The van der Waals surface area contributed by atoms with Crippen LogP contribution in [0, 0.1) is 11.7 Å². The van der Waals surface area contributed by atoms with E-state index < -0.39 is 23.5 Å². The zero-order valence-corrected chi connectivity index (χ0v) is 19.2. The predicted molar refractivity (Wildman–Crippen MR) is 125 cm³/mol. The molecule has 0 aliphatic carbocycles. The van der Waals surface area contributed by atoms with E-state index in [1.54, 1.807) is 24.0 Å². The number of piperidine rings is 1. The molecule has 1 fully saturated rings. The van der Waals surface area contributed by atoms with Gasteiger partial charge in [-0.25, -0.2) is 9.18 Å². The number of halogens is 2. The van der Waals surface area contributed by atoms with Gasteiger partial charge in [-0.1, -0.05) is 11.6 Å². The maximum Gasteiger partial charge on any atom is 0.336 e. The lowest BCUT2D eigenvalue weighted by atomic mass is 9.94. The van der Waals surface area contributed by atoms with Gasteiger partial charge >= 0.3 is 11.6 Å². The van der Waals surface area contributed by atoms with E-state index in [0.717, 1.165) is 12.8 Å². The number of aliphatic carboxylic acids is 1. The van der Waals surface area contributed by atoms with Gasteiger partial charge in [0.05, 0.1) is 5.02 Å². The van der Waals surface area contributed by atoms with Crippen LogP contribution < -0.4 is 10.4 Å². The standard InChI is InChI=1S/C25H23ClFNO6/c1-14(25(32)28-8-2-3-15(13-28)9-23(29)30)33-17-5-7-19-20(12-24(31)34-22(19)11-17)18-6-4-16(27)10-21(18)26/h4-7,10-12,14-15H,2-3,8-9,13H2,1H3,(H,29,30)/t14?,15-/m0/s1. The first-order valence-corrected chi connectivity index (χ1v) is 11.3. The van der Waals surface area contributed by atoms with Gasteiger partial charge in [0.1, 0.15) is 17.1 Å². The minimum absolute atomic E-state index is 0.0309. The molecule has 2 atom stereocenters. The summed E-state index contributed by atoms with van der Waals surface area (Å²) < 4.78 is 24.6. The van der Waals surface area contributed by atoms with Gasteiger partial charge in [0, 0.05) is 48.2 Å². The number of hydrogen-bond acceptors (Lipinski definition) is 5. The summed E-state index contributed by atoms with van der Waals surface area (Å²) in [6, 6.07) is 10.1. The molecule has 1 aliphatic rings. The topological polar surface area (TPSA) is 97.0 Å². The molecule has 0 saturated carbocycles. The van der Waals surface area contributed by atoms with Crippen molar-refractivity contribution in [3.63, 3.8) is 0 Å².